The average molecular weight is 325 g/mol. The highest BCUT2D eigenvalue weighted by atomic mass is 15.3. The molecule has 0 radical (unpaired) electrons. The van der Waals surface area contributed by atoms with Crippen LogP contribution in [-0.4, -0.2) is 32.2 Å². The second kappa shape index (κ2) is 16.6. The summed E-state index contributed by atoms with van der Waals surface area (Å²) in [6.45, 7) is 5.10. The zero-order valence-electron chi connectivity index (χ0n) is 16.8. The molecule has 0 aromatic rings. The van der Waals surface area contributed by atoms with E-state index < -0.39 is 0 Å². The van der Waals surface area contributed by atoms with Gasteiger partial charge in [-0.1, -0.05) is 83.1 Å². The molecule has 1 heteroatoms. The zero-order valence-corrected chi connectivity index (χ0v) is 16.8. The third-order valence-electron chi connectivity index (χ3n) is 4.74. The molecule has 138 valence electrons. The van der Waals surface area contributed by atoms with Crippen LogP contribution in [0.25, 0.3) is 0 Å². The van der Waals surface area contributed by atoms with Crippen LogP contribution in [0.5, 0.6) is 0 Å². The Hall–Kier alpha value is -0.300. The van der Waals surface area contributed by atoms with Gasteiger partial charge in [-0.05, 0) is 25.7 Å². The first-order valence-corrected chi connectivity index (χ1v) is 10.5. The van der Waals surface area contributed by atoms with E-state index in [2.05, 4.69) is 27.7 Å². The van der Waals surface area contributed by atoms with Gasteiger partial charge in [0.25, 0.3) is 0 Å². The van der Waals surface area contributed by atoms with Crippen molar-refractivity contribution >= 4 is 0 Å². The van der Waals surface area contributed by atoms with Crippen molar-refractivity contribution < 1.29 is 4.48 Å². The first-order valence-electron chi connectivity index (χ1n) is 10.5. The van der Waals surface area contributed by atoms with Gasteiger partial charge in [-0.15, -0.1) is 6.58 Å². The van der Waals surface area contributed by atoms with Crippen molar-refractivity contribution in [2.45, 2.75) is 103 Å². The van der Waals surface area contributed by atoms with Crippen molar-refractivity contribution in [3.8, 4) is 0 Å². The van der Waals surface area contributed by atoms with Crippen LogP contribution in [0.15, 0.2) is 12.7 Å². The van der Waals surface area contributed by atoms with Crippen LogP contribution in [-0.2, 0) is 0 Å². The summed E-state index contributed by atoms with van der Waals surface area (Å²) in [6.07, 6.45) is 24.9. The summed E-state index contributed by atoms with van der Waals surface area (Å²) < 4.78 is 1.12. The molecule has 0 fully saturated rings. The number of allylic oxidation sites excluding steroid dienone is 1. The zero-order chi connectivity index (χ0) is 17.2. The fourth-order valence-corrected chi connectivity index (χ4v) is 3.17. The number of hydrogen-bond donors (Lipinski definition) is 0. The Kier molecular flexibility index (Phi) is 16.3. The standard InChI is InChI=1S/C22H46N/c1-5-6-7-8-9-10-11-12-13-14-15-16-17-18-19-20-21-22-23(2,3)4/h5H,1,6-22H2,2-4H3/q+1. The van der Waals surface area contributed by atoms with Gasteiger partial charge < -0.3 is 4.48 Å². The Bertz CT molecular complexity index is 239. The van der Waals surface area contributed by atoms with Crippen molar-refractivity contribution in [2.24, 2.45) is 0 Å². The molecule has 0 bridgehead atoms. The van der Waals surface area contributed by atoms with Crippen LogP contribution < -0.4 is 0 Å². The number of nitrogens with zero attached hydrogens (tertiary/aromatic N) is 1. The van der Waals surface area contributed by atoms with Crippen molar-refractivity contribution in [3.63, 3.8) is 0 Å². The largest absolute Gasteiger partial charge is 0.331 e. The quantitative estimate of drug-likeness (QED) is 0.143. The molecule has 0 spiro atoms. The summed E-state index contributed by atoms with van der Waals surface area (Å²) in [5, 5.41) is 0. The minimum Gasteiger partial charge on any atom is -0.331 e. The molecule has 0 N–H and O–H groups in total. The third kappa shape index (κ3) is 21.7. The summed E-state index contributed by atoms with van der Waals surface area (Å²) in [4.78, 5) is 0. The van der Waals surface area contributed by atoms with Crippen molar-refractivity contribution in [1.82, 2.24) is 0 Å². The Morgan fingerprint density at radius 1 is 0.522 bits per heavy atom. The van der Waals surface area contributed by atoms with E-state index >= 15 is 0 Å². The maximum atomic E-state index is 3.78. The summed E-state index contributed by atoms with van der Waals surface area (Å²) in [5.41, 5.74) is 0. The Balaban J connectivity index is 3.01. The molecule has 1 nitrogen and oxygen atoms in total. The molecule has 0 unspecified atom stereocenters. The van der Waals surface area contributed by atoms with Crippen LogP contribution in [0.4, 0.5) is 0 Å². The molecule has 0 amide bonds. The van der Waals surface area contributed by atoms with Crippen LogP contribution in [0, 0.1) is 0 Å². The van der Waals surface area contributed by atoms with Crippen molar-refractivity contribution in [1.29, 1.82) is 0 Å². The summed E-state index contributed by atoms with van der Waals surface area (Å²) in [5.74, 6) is 0. The van der Waals surface area contributed by atoms with Gasteiger partial charge in [0, 0.05) is 0 Å². The van der Waals surface area contributed by atoms with Crippen molar-refractivity contribution in [3.05, 3.63) is 12.7 Å². The topological polar surface area (TPSA) is 0 Å². The molecular weight excluding hydrogens is 278 g/mol. The minimum absolute atomic E-state index is 1.12. The number of rotatable bonds is 18. The second-order valence-corrected chi connectivity index (χ2v) is 8.39. The summed E-state index contributed by atoms with van der Waals surface area (Å²) >= 11 is 0. The van der Waals surface area contributed by atoms with Gasteiger partial charge in [0.1, 0.15) is 0 Å². The van der Waals surface area contributed by atoms with E-state index in [1.165, 1.54) is 109 Å². The van der Waals surface area contributed by atoms with Gasteiger partial charge in [0.2, 0.25) is 0 Å². The van der Waals surface area contributed by atoms with E-state index in [1.54, 1.807) is 0 Å². The summed E-state index contributed by atoms with van der Waals surface area (Å²) in [7, 11) is 6.88. The first kappa shape index (κ1) is 22.7. The fourth-order valence-electron chi connectivity index (χ4n) is 3.17. The highest BCUT2D eigenvalue weighted by Crippen LogP contribution is 2.14. The molecule has 0 aliphatic rings. The molecule has 0 saturated heterocycles. The van der Waals surface area contributed by atoms with Gasteiger partial charge >= 0.3 is 0 Å². The maximum absolute atomic E-state index is 3.78. The maximum Gasteiger partial charge on any atom is 0.0780 e. The monoisotopic (exact) mass is 324 g/mol. The normalized spacial score (nSPS) is 11.8. The fraction of sp³-hybridized carbons (Fsp3) is 0.909. The van der Waals surface area contributed by atoms with E-state index in [0.29, 0.717) is 0 Å². The van der Waals surface area contributed by atoms with Gasteiger partial charge in [0.05, 0.1) is 27.7 Å². The SMILES string of the molecule is C=CCCCCCCCCCCCCCCCCC[N+](C)(C)C. The van der Waals surface area contributed by atoms with Crippen LogP contribution in [0.3, 0.4) is 0 Å². The smallest absolute Gasteiger partial charge is 0.0780 e. The molecule has 0 aliphatic heterocycles. The van der Waals surface area contributed by atoms with Gasteiger partial charge in [0.15, 0.2) is 0 Å². The van der Waals surface area contributed by atoms with Gasteiger partial charge in [-0.25, -0.2) is 0 Å². The van der Waals surface area contributed by atoms with Crippen LogP contribution in [0.2, 0.25) is 0 Å². The summed E-state index contributed by atoms with van der Waals surface area (Å²) in [6, 6.07) is 0. The molecule has 0 aromatic heterocycles. The van der Waals surface area contributed by atoms with E-state index in [4.69, 9.17) is 0 Å². The Morgan fingerprint density at radius 3 is 1.13 bits per heavy atom. The highest BCUT2D eigenvalue weighted by molar-refractivity contribution is 4.65. The van der Waals surface area contributed by atoms with E-state index in [9.17, 15) is 0 Å². The molecule has 23 heavy (non-hydrogen) atoms. The number of hydrogen-bond acceptors (Lipinski definition) is 0. The highest BCUT2D eigenvalue weighted by Gasteiger charge is 2.04. The Labute approximate surface area is 148 Å². The number of unbranched alkanes of at least 4 members (excludes halogenated alkanes) is 15. The van der Waals surface area contributed by atoms with Crippen LogP contribution in [0.1, 0.15) is 103 Å². The van der Waals surface area contributed by atoms with Gasteiger partial charge in [-0.2, -0.15) is 0 Å². The first-order chi connectivity index (χ1) is 11.1. The lowest BCUT2D eigenvalue weighted by Gasteiger charge is -2.23. The molecular formula is C22H46N+. The average Bonchev–Trinajstić information content (AvgIpc) is 2.49. The number of quaternary nitrogens is 1. The molecule has 0 heterocycles. The predicted octanol–water partition coefficient (Wildman–Crippen LogP) is 7.12. The molecule has 0 saturated carbocycles. The molecule has 0 rings (SSSR count). The van der Waals surface area contributed by atoms with E-state index in [-0.39, 0.29) is 0 Å². The molecule has 0 aromatic carbocycles. The second-order valence-electron chi connectivity index (χ2n) is 8.39. The lowest BCUT2D eigenvalue weighted by atomic mass is 10.0. The van der Waals surface area contributed by atoms with Crippen LogP contribution >= 0.6 is 0 Å². The minimum atomic E-state index is 1.12. The predicted molar refractivity (Wildman–Crippen MR) is 107 cm³/mol. The lowest BCUT2D eigenvalue weighted by molar-refractivity contribution is -0.870. The third-order valence-corrected chi connectivity index (χ3v) is 4.74. The van der Waals surface area contributed by atoms with E-state index in [0.717, 1.165) is 4.48 Å². The van der Waals surface area contributed by atoms with Gasteiger partial charge in [-0.3, -0.25) is 0 Å². The molecule has 0 aliphatic carbocycles. The molecule has 0 atom stereocenters. The van der Waals surface area contributed by atoms with Crippen molar-refractivity contribution in [2.75, 3.05) is 27.7 Å². The lowest BCUT2D eigenvalue weighted by Crippen LogP contribution is -2.35. The Morgan fingerprint density at radius 2 is 0.826 bits per heavy atom. The van der Waals surface area contributed by atoms with E-state index in [1.807, 2.05) is 6.08 Å².